The van der Waals surface area contributed by atoms with Gasteiger partial charge in [0.05, 0.1) is 19.3 Å². The molecular weight excluding hydrogens is 188 g/mol. The summed E-state index contributed by atoms with van der Waals surface area (Å²) in [4.78, 5) is 2.37. The Kier molecular flexibility index (Phi) is 3.08. The maximum atomic E-state index is 8.82. The number of ether oxygens (including phenoxy) is 1. The molecule has 3 heteroatoms. The lowest BCUT2D eigenvalue weighted by atomic mass is 9.92. The van der Waals surface area contributed by atoms with Crippen molar-refractivity contribution in [1.82, 2.24) is 4.90 Å². The lowest BCUT2D eigenvalue weighted by molar-refractivity contribution is 0.0489. The van der Waals surface area contributed by atoms with Crippen molar-refractivity contribution in [3.63, 3.8) is 0 Å². The van der Waals surface area contributed by atoms with Gasteiger partial charge in [-0.15, -0.1) is 0 Å². The predicted octanol–water partition coefficient (Wildman–Crippen LogP) is 1.69. The minimum absolute atomic E-state index is 0.461. The summed E-state index contributed by atoms with van der Waals surface area (Å²) in [6, 6.07) is 2.23. The molecule has 15 heavy (non-hydrogen) atoms. The molecule has 2 aliphatic rings. The van der Waals surface area contributed by atoms with Gasteiger partial charge < -0.3 is 9.64 Å². The molecule has 2 rings (SSSR count). The van der Waals surface area contributed by atoms with Crippen LogP contribution in [0.3, 0.4) is 0 Å². The van der Waals surface area contributed by atoms with Crippen LogP contribution in [0.25, 0.3) is 0 Å². The Morgan fingerprint density at radius 1 is 1.40 bits per heavy atom. The van der Waals surface area contributed by atoms with Crippen molar-refractivity contribution >= 4 is 0 Å². The molecule has 0 saturated carbocycles. The summed E-state index contributed by atoms with van der Waals surface area (Å²) >= 11 is 0. The molecule has 0 bridgehead atoms. The first-order valence-corrected chi connectivity index (χ1v) is 5.45. The SMILES string of the molecule is CC1CC(C#N)=CC=C1N1CCOCC1. The molecule has 1 heterocycles. The molecular formula is C12H16N2O. The Morgan fingerprint density at radius 2 is 2.13 bits per heavy atom. The quantitative estimate of drug-likeness (QED) is 0.652. The zero-order chi connectivity index (χ0) is 10.7. The molecule has 0 N–H and O–H groups in total. The Hall–Kier alpha value is -1.27. The smallest absolute Gasteiger partial charge is 0.0947 e. The molecule has 1 aliphatic carbocycles. The molecule has 0 aromatic rings. The summed E-state index contributed by atoms with van der Waals surface area (Å²) in [5, 5.41) is 8.82. The number of hydrogen-bond donors (Lipinski definition) is 0. The van der Waals surface area contributed by atoms with Gasteiger partial charge >= 0.3 is 0 Å². The number of morpholine rings is 1. The van der Waals surface area contributed by atoms with Gasteiger partial charge in [0, 0.05) is 30.3 Å². The number of allylic oxidation sites excluding steroid dienone is 4. The largest absolute Gasteiger partial charge is 0.378 e. The number of hydrogen-bond acceptors (Lipinski definition) is 3. The van der Waals surface area contributed by atoms with Crippen LogP contribution in [-0.4, -0.2) is 31.2 Å². The fourth-order valence-electron chi connectivity index (χ4n) is 2.17. The van der Waals surface area contributed by atoms with Crippen molar-refractivity contribution < 1.29 is 4.74 Å². The number of nitrogens with zero attached hydrogens (tertiary/aromatic N) is 2. The fourth-order valence-corrected chi connectivity index (χ4v) is 2.17. The van der Waals surface area contributed by atoms with Crippen LogP contribution in [0.15, 0.2) is 23.4 Å². The van der Waals surface area contributed by atoms with Gasteiger partial charge in [-0.1, -0.05) is 6.92 Å². The Morgan fingerprint density at radius 3 is 2.73 bits per heavy atom. The van der Waals surface area contributed by atoms with E-state index in [2.05, 4.69) is 24.0 Å². The third-order valence-electron chi connectivity index (χ3n) is 3.01. The van der Waals surface area contributed by atoms with E-state index in [4.69, 9.17) is 10.00 Å². The normalized spacial score (nSPS) is 26.7. The van der Waals surface area contributed by atoms with Gasteiger partial charge in [-0.25, -0.2) is 0 Å². The maximum absolute atomic E-state index is 8.82. The highest BCUT2D eigenvalue weighted by atomic mass is 16.5. The molecule has 0 amide bonds. The average molecular weight is 204 g/mol. The van der Waals surface area contributed by atoms with Crippen LogP contribution in [0, 0.1) is 17.2 Å². The van der Waals surface area contributed by atoms with Crippen LogP contribution in [0.5, 0.6) is 0 Å². The topological polar surface area (TPSA) is 36.3 Å². The van der Waals surface area contributed by atoms with Crippen LogP contribution in [0.2, 0.25) is 0 Å². The first-order valence-electron chi connectivity index (χ1n) is 5.45. The van der Waals surface area contributed by atoms with Crippen molar-refractivity contribution in [1.29, 1.82) is 5.26 Å². The van der Waals surface area contributed by atoms with E-state index in [-0.39, 0.29) is 0 Å². The van der Waals surface area contributed by atoms with Crippen LogP contribution in [0.1, 0.15) is 13.3 Å². The Bertz CT molecular complexity index is 332. The van der Waals surface area contributed by atoms with E-state index >= 15 is 0 Å². The highest BCUT2D eigenvalue weighted by Gasteiger charge is 2.21. The van der Waals surface area contributed by atoms with E-state index in [0.717, 1.165) is 38.3 Å². The molecule has 0 aromatic heterocycles. The van der Waals surface area contributed by atoms with Crippen molar-refractivity contribution in [3.05, 3.63) is 23.4 Å². The van der Waals surface area contributed by atoms with E-state index in [0.29, 0.717) is 5.92 Å². The van der Waals surface area contributed by atoms with Gasteiger partial charge in [0.15, 0.2) is 0 Å². The lowest BCUT2D eigenvalue weighted by Gasteiger charge is -2.35. The molecule has 1 atom stereocenters. The molecule has 80 valence electrons. The van der Waals surface area contributed by atoms with Crippen molar-refractivity contribution in [2.24, 2.45) is 5.92 Å². The third kappa shape index (κ3) is 2.21. The lowest BCUT2D eigenvalue weighted by Crippen LogP contribution is -2.37. The molecule has 1 aliphatic heterocycles. The average Bonchev–Trinajstić information content (AvgIpc) is 2.30. The van der Waals surface area contributed by atoms with Gasteiger partial charge in [-0.05, 0) is 18.6 Å². The summed E-state index contributed by atoms with van der Waals surface area (Å²) < 4.78 is 5.33. The van der Waals surface area contributed by atoms with Gasteiger partial charge in [0.2, 0.25) is 0 Å². The van der Waals surface area contributed by atoms with Crippen LogP contribution in [0.4, 0.5) is 0 Å². The van der Waals surface area contributed by atoms with Crippen LogP contribution < -0.4 is 0 Å². The summed E-state index contributed by atoms with van der Waals surface area (Å²) in [6.07, 6.45) is 4.92. The van der Waals surface area contributed by atoms with Crippen molar-refractivity contribution in [3.8, 4) is 6.07 Å². The molecule has 1 fully saturated rings. The van der Waals surface area contributed by atoms with Gasteiger partial charge in [-0.3, -0.25) is 0 Å². The summed E-state index contributed by atoms with van der Waals surface area (Å²) in [5.74, 6) is 0.461. The highest BCUT2D eigenvalue weighted by molar-refractivity contribution is 5.33. The zero-order valence-corrected chi connectivity index (χ0v) is 9.07. The zero-order valence-electron chi connectivity index (χ0n) is 9.07. The Balaban J connectivity index is 2.11. The van der Waals surface area contributed by atoms with Crippen LogP contribution in [-0.2, 0) is 4.74 Å². The highest BCUT2D eigenvalue weighted by Crippen LogP contribution is 2.27. The minimum Gasteiger partial charge on any atom is -0.378 e. The second-order valence-corrected chi connectivity index (χ2v) is 4.10. The first kappa shape index (κ1) is 10.3. The molecule has 3 nitrogen and oxygen atoms in total. The summed E-state index contributed by atoms with van der Waals surface area (Å²) in [7, 11) is 0. The van der Waals surface area contributed by atoms with Crippen LogP contribution >= 0.6 is 0 Å². The van der Waals surface area contributed by atoms with Gasteiger partial charge in [0.25, 0.3) is 0 Å². The van der Waals surface area contributed by atoms with E-state index < -0.39 is 0 Å². The van der Waals surface area contributed by atoms with E-state index in [1.54, 1.807) is 0 Å². The third-order valence-corrected chi connectivity index (χ3v) is 3.01. The molecule has 0 radical (unpaired) electrons. The summed E-state index contributed by atoms with van der Waals surface area (Å²) in [5.41, 5.74) is 2.25. The first-order chi connectivity index (χ1) is 7.31. The van der Waals surface area contributed by atoms with E-state index in [1.165, 1.54) is 5.70 Å². The fraction of sp³-hybridized carbons (Fsp3) is 0.583. The van der Waals surface area contributed by atoms with Crippen molar-refractivity contribution in [2.75, 3.05) is 26.3 Å². The van der Waals surface area contributed by atoms with Gasteiger partial charge in [-0.2, -0.15) is 5.26 Å². The standard InChI is InChI=1S/C12H16N2O/c1-10-8-11(9-13)2-3-12(10)14-4-6-15-7-5-14/h2-3,10H,4-8H2,1H3. The number of rotatable bonds is 1. The summed E-state index contributed by atoms with van der Waals surface area (Å²) in [6.45, 7) is 5.78. The van der Waals surface area contributed by atoms with E-state index in [9.17, 15) is 0 Å². The van der Waals surface area contributed by atoms with E-state index in [1.807, 2.05) is 6.08 Å². The minimum atomic E-state index is 0.461. The number of nitriles is 1. The second kappa shape index (κ2) is 4.50. The molecule has 1 saturated heterocycles. The second-order valence-electron chi connectivity index (χ2n) is 4.10. The Labute approximate surface area is 90.6 Å². The van der Waals surface area contributed by atoms with Gasteiger partial charge in [0.1, 0.15) is 0 Å². The predicted molar refractivity (Wildman–Crippen MR) is 58.0 cm³/mol. The molecule has 1 unspecified atom stereocenters. The maximum Gasteiger partial charge on any atom is 0.0947 e. The molecule has 0 aromatic carbocycles. The monoisotopic (exact) mass is 204 g/mol. The van der Waals surface area contributed by atoms with Crippen molar-refractivity contribution in [2.45, 2.75) is 13.3 Å². The molecule has 0 spiro atoms.